The average molecular weight is 211 g/mol. The summed E-state index contributed by atoms with van der Waals surface area (Å²) in [6.45, 7) is 0.294. The van der Waals surface area contributed by atoms with Crippen LogP contribution in [0.4, 0.5) is 0 Å². The lowest BCUT2D eigenvalue weighted by atomic mass is 10.3. The van der Waals surface area contributed by atoms with Crippen molar-refractivity contribution in [2.45, 2.75) is 5.38 Å². The molecule has 0 saturated heterocycles. The van der Waals surface area contributed by atoms with Crippen molar-refractivity contribution in [3.8, 4) is 0 Å². The molecule has 0 aliphatic carbocycles. The molecule has 0 amide bonds. The summed E-state index contributed by atoms with van der Waals surface area (Å²) in [5.74, 6) is -2.02. The predicted molar refractivity (Wildman–Crippen MR) is 45.0 cm³/mol. The number of hydrogen-bond donors (Lipinski definition) is 1. The van der Waals surface area contributed by atoms with Crippen LogP contribution in [0.15, 0.2) is 0 Å². The second-order valence-electron chi connectivity index (χ2n) is 2.21. The number of rotatable bonds is 7. The zero-order chi connectivity index (χ0) is 10.3. The van der Waals surface area contributed by atoms with E-state index >= 15 is 0 Å². The first-order valence-electron chi connectivity index (χ1n) is 3.56. The van der Waals surface area contributed by atoms with E-state index < -0.39 is 17.1 Å². The number of aliphatic carboxylic acids is 1. The SMILES string of the molecule is COCCOCC(=O)C(Cl)C(=O)O. The first-order chi connectivity index (χ1) is 6.09. The minimum atomic E-state index is -1.53. The molecule has 0 saturated carbocycles. The van der Waals surface area contributed by atoms with Crippen LogP contribution in [0.1, 0.15) is 0 Å². The number of carboxylic acids is 1. The van der Waals surface area contributed by atoms with Crippen molar-refractivity contribution in [2.75, 3.05) is 26.9 Å². The number of carboxylic acid groups (broad SMARTS) is 1. The molecule has 0 aromatic carbocycles. The van der Waals surface area contributed by atoms with Crippen molar-refractivity contribution in [1.29, 1.82) is 0 Å². The molecule has 76 valence electrons. The molecule has 0 spiro atoms. The van der Waals surface area contributed by atoms with Crippen molar-refractivity contribution in [3.63, 3.8) is 0 Å². The van der Waals surface area contributed by atoms with Crippen LogP contribution in [0.3, 0.4) is 0 Å². The van der Waals surface area contributed by atoms with E-state index in [1.807, 2.05) is 0 Å². The van der Waals surface area contributed by atoms with Crippen molar-refractivity contribution >= 4 is 23.4 Å². The van der Waals surface area contributed by atoms with Crippen LogP contribution in [0.5, 0.6) is 0 Å². The van der Waals surface area contributed by atoms with Crippen molar-refractivity contribution in [2.24, 2.45) is 0 Å². The second kappa shape index (κ2) is 6.82. The second-order valence-corrected chi connectivity index (χ2v) is 2.65. The normalized spacial score (nSPS) is 12.5. The van der Waals surface area contributed by atoms with E-state index in [4.69, 9.17) is 21.4 Å². The molecule has 0 bridgehead atoms. The minimum absolute atomic E-state index is 0.242. The lowest BCUT2D eigenvalue weighted by molar-refractivity contribution is -0.140. The largest absolute Gasteiger partial charge is 0.480 e. The Kier molecular flexibility index (Phi) is 6.48. The zero-order valence-corrected chi connectivity index (χ0v) is 7.91. The Morgan fingerprint density at radius 1 is 1.46 bits per heavy atom. The van der Waals surface area contributed by atoms with Crippen LogP contribution < -0.4 is 0 Å². The van der Waals surface area contributed by atoms with Gasteiger partial charge < -0.3 is 14.6 Å². The van der Waals surface area contributed by atoms with Crippen molar-refractivity contribution < 1.29 is 24.2 Å². The first kappa shape index (κ1) is 12.3. The van der Waals surface area contributed by atoms with Gasteiger partial charge in [-0.05, 0) is 0 Å². The van der Waals surface area contributed by atoms with Gasteiger partial charge in [-0.3, -0.25) is 9.59 Å². The molecule has 1 N–H and O–H groups in total. The van der Waals surface area contributed by atoms with Gasteiger partial charge in [0, 0.05) is 7.11 Å². The summed E-state index contributed by atoms with van der Waals surface area (Å²) >= 11 is 5.22. The average Bonchev–Trinajstić information content (AvgIpc) is 2.10. The Balaban J connectivity index is 3.56. The quantitative estimate of drug-likeness (QED) is 0.361. The number of halogens is 1. The molecule has 0 aromatic heterocycles. The Labute approximate surface area is 80.6 Å². The van der Waals surface area contributed by atoms with Gasteiger partial charge in [-0.2, -0.15) is 0 Å². The van der Waals surface area contributed by atoms with Gasteiger partial charge in [0.1, 0.15) is 6.61 Å². The number of ether oxygens (including phenoxy) is 2. The lowest BCUT2D eigenvalue weighted by Crippen LogP contribution is -2.28. The molecule has 6 heteroatoms. The Bertz CT molecular complexity index is 182. The molecule has 0 rings (SSSR count). The van der Waals surface area contributed by atoms with Crippen LogP contribution in [0.25, 0.3) is 0 Å². The summed E-state index contributed by atoms with van der Waals surface area (Å²) in [5, 5.41) is 6.80. The van der Waals surface area contributed by atoms with Gasteiger partial charge in [0.15, 0.2) is 11.2 Å². The van der Waals surface area contributed by atoms with E-state index in [1.54, 1.807) is 0 Å². The molecule has 0 aliphatic rings. The fraction of sp³-hybridized carbons (Fsp3) is 0.714. The highest BCUT2D eigenvalue weighted by Crippen LogP contribution is 1.98. The van der Waals surface area contributed by atoms with E-state index in [0.29, 0.717) is 6.61 Å². The maximum atomic E-state index is 10.9. The fourth-order valence-electron chi connectivity index (χ4n) is 0.526. The highest BCUT2D eigenvalue weighted by molar-refractivity contribution is 6.40. The molecule has 0 heterocycles. The summed E-state index contributed by atoms with van der Waals surface area (Å²) in [7, 11) is 1.49. The van der Waals surface area contributed by atoms with Gasteiger partial charge in [-0.1, -0.05) is 0 Å². The molecule has 5 nitrogen and oxygen atoms in total. The number of ketones is 1. The van der Waals surface area contributed by atoms with Crippen LogP contribution in [-0.4, -0.2) is 49.2 Å². The van der Waals surface area contributed by atoms with Crippen LogP contribution in [-0.2, 0) is 19.1 Å². The van der Waals surface area contributed by atoms with E-state index in [9.17, 15) is 9.59 Å². The van der Waals surface area contributed by atoms with Gasteiger partial charge in [-0.15, -0.1) is 11.6 Å². The number of carbonyl (C=O) groups is 2. The summed E-state index contributed by atoms with van der Waals surface area (Å²) in [6.07, 6.45) is 0. The minimum Gasteiger partial charge on any atom is -0.480 e. The zero-order valence-electron chi connectivity index (χ0n) is 7.16. The third-order valence-electron chi connectivity index (χ3n) is 1.18. The highest BCUT2D eigenvalue weighted by atomic mass is 35.5. The van der Waals surface area contributed by atoms with E-state index in [-0.39, 0.29) is 13.2 Å². The first-order valence-corrected chi connectivity index (χ1v) is 3.99. The summed E-state index contributed by atoms with van der Waals surface area (Å²) in [5.41, 5.74) is 0. The van der Waals surface area contributed by atoms with E-state index in [0.717, 1.165) is 0 Å². The monoisotopic (exact) mass is 210 g/mol. The van der Waals surface area contributed by atoms with Crippen LogP contribution >= 0.6 is 11.6 Å². The summed E-state index contributed by atoms with van der Waals surface area (Å²) in [4.78, 5) is 21.1. The molecule has 1 unspecified atom stereocenters. The standard InChI is InChI=1S/C7H11ClO5/c1-12-2-3-13-4-5(9)6(8)7(10)11/h6H,2-4H2,1H3,(H,10,11). The van der Waals surface area contributed by atoms with Gasteiger partial charge in [0.25, 0.3) is 0 Å². The molecule has 1 atom stereocenters. The lowest BCUT2D eigenvalue weighted by Gasteiger charge is -2.04. The molecule has 0 aliphatic heterocycles. The van der Waals surface area contributed by atoms with Crippen molar-refractivity contribution in [3.05, 3.63) is 0 Å². The maximum absolute atomic E-state index is 10.9. The Morgan fingerprint density at radius 3 is 2.54 bits per heavy atom. The van der Waals surface area contributed by atoms with Crippen LogP contribution in [0, 0.1) is 0 Å². The molecule has 0 aromatic rings. The maximum Gasteiger partial charge on any atom is 0.329 e. The third kappa shape index (κ3) is 5.57. The number of carbonyl (C=O) groups excluding carboxylic acids is 1. The van der Waals surface area contributed by atoms with E-state index in [2.05, 4.69) is 4.74 Å². The van der Waals surface area contributed by atoms with Crippen LogP contribution in [0.2, 0.25) is 0 Å². The highest BCUT2D eigenvalue weighted by Gasteiger charge is 2.22. The number of methoxy groups -OCH3 is 1. The van der Waals surface area contributed by atoms with Gasteiger partial charge in [0.2, 0.25) is 0 Å². The number of Topliss-reactive ketones (excluding diaryl/α,β-unsaturated/α-hetero) is 1. The van der Waals surface area contributed by atoms with Gasteiger partial charge >= 0.3 is 5.97 Å². The van der Waals surface area contributed by atoms with Gasteiger partial charge in [-0.25, -0.2) is 0 Å². The fourth-order valence-corrected chi connectivity index (χ4v) is 0.589. The topological polar surface area (TPSA) is 72.8 Å². The number of hydrogen-bond acceptors (Lipinski definition) is 4. The smallest absolute Gasteiger partial charge is 0.329 e. The molecule has 13 heavy (non-hydrogen) atoms. The van der Waals surface area contributed by atoms with E-state index in [1.165, 1.54) is 7.11 Å². The summed E-state index contributed by atoms with van der Waals surface area (Å²) < 4.78 is 9.43. The summed E-state index contributed by atoms with van der Waals surface area (Å²) in [6, 6.07) is 0. The van der Waals surface area contributed by atoms with Crippen molar-refractivity contribution in [1.82, 2.24) is 0 Å². The third-order valence-corrected chi connectivity index (χ3v) is 1.61. The molecule has 0 radical (unpaired) electrons. The Hall–Kier alpha value is -0.650. The molecular weight excluding hydrogens is 200 g/mol. The molecular formula is C7H11ClO5. The molecule has 0 fully saturated rings. The number of alkyl halides is 1. The predicted octanol–water partition coefficient (Wildman–Crippen LogP) is -0.0895. The Morgan fingerprint density at radius 2 is 2.08 bits per heavy atom. The van der Waals surface area contributed by atoms with Gasteiger partial charge in [0.05, 0.1) is 13.2 Å².